The number of hydrogen-bond acceptors (Lipinski definition) is 4. The second-order valence-electron chi connectivity index (χ2n) is 4.63. The molecule has 3 N–H and O–H groups in total. The highest BCUT2D eigenvalue weighted by Crippen LogP contribution is 2.31. The van der Waals surface area contributed by atoms with Crippen LogP contribution in [0, 0.1) is 5.82 Å². The Morgan fingerprint density at radius 1 is 1.28 bits per heavy atom. The topological polar surface area (TPSA) is 47.5 Å². The van der Waals surface area contributed by atoms with E-state index >= 15 is 0 Å². The molecule has 2 aliphatic rings. The molecule has 0 saturated carbocycles. The fourth-order valence-corrected chi connectivity index (χ4v) is 2.31. The lowest BCUT2D eigenvalue weighted by atomic mass is 10.0. The van der Waals surface area contributed by atoms with Crippen molar-refractivity contribution in [3.8, 4) is 0 Å². The van der Waals surface area contributed by atoms with Crippen LogP contribution in [0.5, 0.6) is 0 Å². The Morgan fingerprint density at radius 3 is 2.61 bits per heavy atom. The summed E-state index contributed by atoms with van der Waals surface area (Å²) in [6.45, 7) is 1.85. The summed E-state index contributed by atoms with van der Waals surface area (Å²) < 4.78 is 13.4. The Labute approximate surface area is 105 Å². The van der Waals surface area contributed by atoms with E-state index in [2.05, 4.69) is 15.5 Å². The normalized spacial score (nSPS) is 20.2. The van der Waals surface area contributed by atoms with E-state index in [1.54, 1.807) is 18.5 Å². The molecule has 1 aromatic carbocycles. The molecule has 0 aromatic heterocycles. The molecule has 5 heteroatoms. The van der Waals surface area contributed by atoms with Crippen LogP contribution in [0.1, 0.15) is 18.1 Å². The van der Waals surface area contributed by atoms with Crippen LogP contribution in [0.4, 0.5) is 10.1 Å². The summed E-state index contributed by atoms with van der Waals surface area (Å²) in [5.74, 6) is -0.265. The molecule has 18 heavy (non-hydrogen) atoms. The number of nitrogens with one attached hydrogen (secondary N) is 2. The number of hydrogen-bond donors (Lipinski definition) is 3. The molecule has 2 heterocycles. The number of benzene rings is 1. The van der Waals surface area contributed by atoms with Crippen molar-refractivity contribution in [3.05, 3.63) is 42.0 Å². The average Bonchev–Trinajstić information content (AvgIpc) is 2.79. The fraction of sp³-hybridized carbons (Fsp3) is 0.385. The molecule has 0 spiro atoms. The number of aliphatic hydroxyl groups excluding tert-OH is 1. The molecule has 1 saturated heterocycles. The van der Waals surface area contributed by atoms with E-state index < -0.39 is 6.10 Å². The smallest absolute Gasteiger partial charge is 0.127 e. The van der Waals surface area contributed by atoms with E-state index in [1.807, 2.05) is 0 Å². The minimum absolute atomic E-state index is 0.254. The van der Waals surface area contributed by atoms with Gasteiger partial charge in [0.1, 0.15) is 18.1 Å². The maximum atomic E-state index is 13.4. The first-order valence-corrected chi connectivity index (χ1v) is 6.15. The lowest BCUT2D eigenvalue weighted by Crippen LogP contribution is -2.41. The van der Waals surface area contributed by atoms with Crippen molar-refractivity contribution in [2.75, 3.05) is 18.0 Å². The molecule has 1 atom stereocenters. The highest BCUT2D eigenvalue weighted by molar-refractivity contribution is 5.56. The summed E-state index contributed by atoms with van der Waals surface area (Å²) in [6.07, 6.45) is 3.65. The second kappa shape index (κ2) is 4.49. The predicted molar refractivity (Wildman–Crippen MR) is 67.4 cm³/mol. The Kier molecular flexibility index (Phi) is 2.83. The number of nitrogens with zero attached hydrogens (tertiary/aromatic N) is 1. The first-order valence-electron chi connectivity index (χ1n) is 6.15. The maximum absolute atomic E-state index is 13.4. The summed E-state index contributed by atoms with van der Waals surface area (Å²) >= 11 is 0. The molecule has 96 valence electrons. The fourth-order valence-electron chi connectivity index (χ4n) is 2.31. The third-order valence-electron chi connectivity index (χ3n) is 3.46. The van der Waals surface area contributed by atoms with E-state index in [-0.39, 0.29) is 12.0 Å². The van der Waals surface area contributed by atoms with Gasteiger partial charge in [0.15, 0.2) is 0 Å². The van der Waals surface area contributed by atoms with Crippen molar-refractivity contribution in [2.24, 2.45) is 0 Å². The van der Waals surface area contributed by atoms with Crippen LogP contribution >= 0.6 is 0 Å². The van der Waals surface area contributed by atoms with Crippen LogP contribution in [0.2, 0.25) is 0 Å². The van der Waals surface area contributed by atoms with Gasteiger partial charge in [0.25, 0.3) is 0 Å². The van der Waals surface area contributed by atoms with Crippen molar-refractivity contribution in [1.82, 2.24) is 10.6 Å². The van der Waals surface area contributed by atoms with Crippen LogP contribution in [0.3, 0.4) is 0 Å². The average molecular weight is 249 g/mol. The highest BCUT2D eigenvalue weighted by atomic mass is 19.1. The second-order valence-corrected chi connectivity index (χ2v) is 4.63. The van der Waals surface area contributed by atoms with E-state index in [9.17, 15) is 9.50 Å². The van der Waals surface area contributed by atoms with Crippen LogP contribution in [-0.2, 0) is 0 Å². The van der Waals surface area contributed by atoms with Crippen LogP contribution in [0.15, 0.2) is 30.6 Å². The SMILES string of the molecule is OC(c1ccc(F)cc1N1CCC1)C1NC=CN1. The molecule has 1 fully saturated rings. The van der Waals surface area contributed by atoms with Crippen molar-refractivity contribution < 1.29 is 9.50 Å². The van der Waals surface area contributed by atoms with Crippen molar-refractivity contribution in [1.29, 1.82) is 0 Å². The summed E-state index contributed by atoms with van der Waals surface area (Å²) in [4.78, 5) is 2.09. The molecule has 0 amide bonds. The summed E-state index contributed by atoms with van der Waals surface area (Å²) in [7, 11) is 0. The Morgan fingerprint density at radius 2 is 2.00 bits per heavy atom. The first-order chi connectivity index (χ1) is 8.75. The van der Waals surface area contributed by atoms with Gasteiger partial charge in [-0.3, -0.25) is 0 Å². The van der Waals surface area contributed by atoms with Crippen molar-refractivity contribution in [2.45, 2.75) is 18.7 Å². The van der Waals surface area contributed by atoms with Crippen LogP contribution in [0.25, 0.3) is 0 Å². The Balaban J connectivity index is 1.89. The lowest BCUT2D eigenvalue weighted by molar-refractivity contribution is 0.130. The van der Waals surface area contributed by atoms with Gasteiger partial charge in [0.2, 0.25) is 0 Å². The number of aliphatic hydroxyl groups is 1. The van der Waals surface area contributed by atoms with Gasteiger partial charge in [0.05, 0.1) is 0 Å². The van der Waals surface area contributed by atoms with E-state index in [0.717, 1.165) is 30.8 Å². The molecule has 3 rings (SSSR count). The molecular formula is C13H16FN3O. The van der Waals surface area contributed by atoms with Gasteiger partial charge in [-0.1, -0.05) is 6.07 Å². The summed E-state index contributed by atoms with van der Waals surface area (Å²) in [5, 5.41) is 16.4. The molecular weight excluding hydrogens is 233 g/mol. The Bertz CT molecular complexity index is 465. The third kappa shape index (κ3) is 1.90. The zero-order valence-electron chi connectivity index (χ0n) is 9.94. The van der Waals surface area contributed by atoms with Crippen LogP contribution in [-0.4, -0.2) is 24.4 Å². The Hall–Kier alpha value is -1.75. The summed E-state index contributed by atoms with van der Waals surface area (Å²) in [5.41, 5.74) is 1.55. The van der Waals surface area contributed by atoms with Gasteiger partial charge in [0, 0.05) is 36.7 Å². The summed E-state index contributed by atoms with van der Waals surface area (Å²) in [6, 6.07) is 4.56. The minimum Gasteiger partial charge on any atom is -0.384 e. The molecule has 1 aromatic rings. The number of halogens is 1. The van der Waals surface area contributed by atoms with E-state index in [1.165, 1.54) is 12.1 Å². The zero-order valence-corrected chi connectivity index (χ0v) is 9.94. The van der Waals surface area contributed by atoms with Gasteiger partial charge >= 0.3 is 0 Å². The van der Waals surface area contributed by atoms with Gasteiger partial charge < -0.3 is 20.6 Å². The van der Waals surface area contributed by atoms with Crippen LogP contribution < -0.4 is 15.5 Å². The predicted octanol–water partition coefficient (Wildman–Crippen LogP) is 1.06. The minimum atomic E-state index is -0.712. The van der Waals surface area contributed by atoms with Crippen molar-refractivity contribution in [3.63, 3.8) is 0 Å². The third-order valence-corrected chi connectivity index (χ3v) is 3.46. The first kappa shape index (κ1) is 11.3. The number of rotatable bonds is 3. The quantitative estimate of drug-likeness (QED) is 0.749. The van der Waals surface area contributed by atoms with Gasteiger partial charge in [-0.15, -0.1) is 0 Å². The highest BCUT2D eigenvalue weighted by Gasteiger charge is 2.27. The molecule has 1 unspecified atom stereocenters. The van der Waals surface area contributed by atoms with Crippen molar-refractivity contribution >= 4 is 5.69 Å². The standard InChI is InChI=1S/C13H16FN3O/c14-9-2-3-10(11(8-9)17-6-1-7-17)12(18)13-15-4-5-16-13/h2-5,8,12-13,15-16,18H,1,6-7H2. The lowest BCUT2D eigenvalue weighted by Gasteiger charge is -2.36. The monoisotopic (exact) mass is 249 g/mol. The zero-order chi connectivity index (χ0) is 12.5. The molecule has 2 aliphatic heterocycles. The molecule has 0 bridgehead atoms. The number of anilines is 1. The van der Waals surface area contributed by atoms with E-state index in [4.69, 9.17) is 0 Å². The largest absolute Gasteiger partial charge is 0.384 e. The van der Waals surface area contributed by atoms with Gasteiger partial charge in [-0.2, -0.15) is 0 Å². The maximum Gasteiger partial charge on any atom is 0.127 e. The van der Waals surface area contributed by atoms with Gasteiger partial charge in [-0.05, 0) is 18.6 Å². The van der Waals surface area contributed by atoms with Gasteiger partial charge in [-0.25, -0.2) is 4.39 Å². The molecule has 0 radical (unpaired) electrons. The van der Waals surface area contributed by atoms with E-state index in [0.29, 0.717) is 0 Å². The molecule has 4 nitrogen and oxygen atoms in total. The molecule has 0 aliphatic carbocycles.